The number of sulfonamides is 1. The zero-order valence-electron chi connectivity index (χ0n) is 11.3. The quantitative estimate of drug-likeness (QED) is 0.844. The van der Waals surface area contributed by atoms with Crippen molar-refractivity contribution in [3.05, 3.63) is 35.6 Å². The van der Waals surface area contributed by atoms with Crippen molar-refractivity contribution in [2.24, 2.45) is 5.92 Å². The van der Waals surface area contributed by atoms with Crippen molar-refractivity contribution in [1.82, 2.24) is 4.72 Å². The number of benzene rings is 1. The van der Waals surface area contributed by atoms with Gasteiger partial charge >= 0.3 is 0 Å². The molecule has 0 bridgehead atoms. The van der Waals surface area contributed by atoms with Crippen LogP contribution in [0.4, 0.5) is 4.39 Å². The average molecular weight is 301 g/mol. The maximum Gasteiger partial charge on any atom is 0.211 e. The molecule has 0 saturated heterocycles. The molecule has 0 spiro atoms. The van der Waals surface area contributed by atoms with Crippen LogP contribution in [-0.2, 0) is 10.0 Å². The van der Waals surface area contributed by atoms with Gasteiger partial charge in [0.2, 0.25) is 10.0 Å². The molecule has 0 aromatic heterocycles. The molecule has 0 aliphatic heterocycles. The average Bonchev–Trinajstić information content (AvgIpc) is 2.89. The van der Waals surface area contributed by atoms with Gasteiger partial charge in [0.15, 0.2) is 0 Å². The van der Waals surface area contributed by atoms with E-state index in [2.05, 4.69) is 4.72 Å². The van der Waals surface area contributed by atoms with Crippen LogP contribution in [0.15, 0.2) is 24.3 Å². The monoisotopic (exact) mass is 301 g/mol. The Balaban J connectivity index is 1.89. The van der Waals surface area contributed by atoms with Gasteiger partial charge in [0, 0.05) is 12.1 Å². The molecule has 20 heavy (non-hydrogen) atoms. The van der Waals surface area contributed by atoms with Gasteiger partial charge in [-0.2, -0.15) is 0 Å². The molecule has 1 aromatic rings. The van der Waals surface area contributed by atoms with Crippen LogP contribution in [0.5, 0.6) is 0 Å². The smallest absolute Gasteiger partial charge is 0.211 e. The van der Waals surface area contributed by atoms with Gasteiger partial charge in [-0.05, 0) is 24.8 Å². The number of rotatable bonds is 6. The molecule has 1 fully saturated rings. The summed E-state index contributed by atoms with van der Waals surface area (Å²) in [5.74, 6) is -0.232. The molecule has 2 rings (SSSR count). The second kappa shape index (κ2) is 6.65. The summed E-state index contributed by atoms with van der Waals surface area (Å²) in [6.45, 7) is -0.198. The fourth-order valence-corrected chi connectivity index (χ4v) is 4.09. The van der Waals surface area contributed by atoms with E-state index in [4.69, 9.17) is 0 Å². The van der Waals surface area contributed by atoms with Crippen molar-refractivity contribution in [1.29, 1.82) is 0 Å². The Morgan fingerprint density at radius 3 is 2.60 bits per heavy atom. The Kier molecular flexibility index (Phi) is 5.12. The molecule has 6 heteroatoms. The summed E-state index contributed by atoms with van der Waals surface area (Å²) in [4.78, 5) is 0. The van der Waals surface area contributed by atoms with Crippen LogP contribution in [0.25, 0.3) is 0 Å². The van der Waals surface area contributed by atoms with Gasteiger partial charge in [0.25, 0.3) is 0 Å². The van der Waals surface area contributed by atoms with Crippen LogP contribution in [0.1, 0.15) is 37.4 Å². The molecular weight excluding hydrogens is 281 g/mol. The Morgan fingerprint density at radius 2 is 1.95 bits per heavy atom. The highest BCUT2D eigenvalue weighted by atomic mass is 32.2. The summed E-state index contributed by atoms with van der Waals surface area (Å²) in [6.07, 6.45) is 2.87. The minimum absolute atomic E-state index is 0.0942. The van der Waals surface area contributed by atoms with Crippen LogP contribution >= 0.6 is 0 Å². The maximum atomic E-state index is 13.5. The number of nitrogens with one attached hydrogen (secondary N) is 1. The van der Waals surface area contributed by atoms with Crippen molar-refractivity contribution in [3.8, 4) is 0 Å². The van der Waals surface area contributed by atoms with E-state index in [-0.39, 0.29) is 23.8 Å². The van der Waals surface area contributed by atoms with Crippen molar-refractivity contribution in [2.45, 2.75) is 31.8 Å². The molecular formula is C14H20FNO3S. The molecule has 1 unspecified atom stereocenters. The summed E-state index contributed by atoms with van der Waals surface area (Å²) in [5, 5.41) is 9.86. The molecule has 1 aliphatic carbocycles. The summed E-state index contributed by atoms with van der Waals surface area (Å²) in [5.41, 5.74) is 0.107. The van der Waals surface area contributed by atoms with E-state index < -0.39 is 21.9 Å². The van der Waals surface area contributed by atoms with Gasteiger partial charge in [-0.3, -0.25) is 0 Å². The third-order valence-corrected chi connectivity index (χ3v) is 5.21. The Bertz CT molecular complexity index is 541. The van der Waals surface area contributed by atoms with Crippen molar-refractivity contribution < 1.29 is 17.9 Å². The van der Waals surface area contributed by atoms with E-state index in [1.54, 1.807) is 6.07 Å². The van der Waals surface area contributed by atoms with E-state index in [0.29, 0.717) is 0 Å². The predicted octanol–water partition coefficient (Wildman–Crippen LogP) is 1.97. The molecule has 0 amide bonds. The van der Waals surface area contributed by atoms with E-state index in [0.717, 1.165) is 25.7 Å². The van der Waals surface area contributed by atoms with Crippen LogP contribution < -0.4 is 4.72 Å². The summed E-state index contributed by atoms with van der Waals surface area (Å²) < 4.78 is 39.6. The minimum atomic E-state index is -3.41. The summed E-state index contributed by atoms with van der Waals surface area (Å²) >= 11 is 0. The van der Waals surface area contributed by atoms with Gasteiger partial charge in [-0.1, -0.05) is 31.0 Å². The van der Waals surface area contributed by atoms with Crippen molar-refractivity contribution in [2.75, 3.05) is 12.3 Å². The van der Waals surface area contributed by atoms with Gasteiger partial charge in [0.1, 0.15) is 5.82 Å². The topological polar surface area (TPSA) is 66.4 Å². The standard InChI is InChI=1S/C14H20FNO3S/c15-13-8-4-3-7-12(13)14(17)9-16-20(18,19)10-11-5-1-2-6-11/h3-4,7-8,11,14,16-17H,1-2,5-6,9-10H2. The Hall–Kier alpha value is -0.980. The first-order chi connectivity index (χ1) is 9.48. The van der Waals surface area contributed by atoms with Gasteiger partial charge < -0.3 is 5.11 Å². The third kappa shape index (κ3) is 4.26. The SMILES string of the molecule is O=S(=O)(CC1CCCC1)NCC(O)c1ccccc1F. The maximum absolute atomic E-state index is 13.5. The zero-order valence-corrected chi connectivity index (χ0v) is 12.1. The largest absolute Gasteiger partial charge is 0.387 e. The summed E-state index contributed by atoms with van der Waals surface area (Å²) in [7, 11) is -3.41. The first-order valence-corrected chi connectivity index (χ1v) is 8.53. The Labute approximate surface area is 119 Å². The van der Waals surface area contributed by atoms with Crippen molar-refractivity contribution >= 4 is 10.0 Å². The third-order valence-electron chi connectivity index (χ3n) is 3.69. The molecule has 0 radical (unpaired) electrons. The highest BCUT2D eigenvalue weighted by molar-refractivity contribution is 7.89. The first kappa shape index (κ1) is 15.4. The number of aliphatic hydroxyl groups excluding tert-OH is 1. The van der Waals surface area contributed by atoms with Crippen LogP contribution in [-0.4, -0.2) is 25.8 Å². The minimum Gasteiger partial charge on any atom is -0.387 e. The molecule has 1 atom stereocenters. The van der Waals surface area contributed by atoms with Crippen LogP contribution in [0, 0.1) is 11.7 Å². The highest BCUT2D eigenvalue weighted by Crippen LogP contribution is 2.25. The molecule has 4 nitrogen and oxygen atoms in total. The molecule has 1 saturated carbocycles. The lowest BCUT2D eigenvalue weighted by Gasteiger charge is -2.15. The molecule has 112 valence electrons. The van der Waals surface area contributed by atoms with Gasteiger partial charge in [0.05, 0.1) is 11.9 Å². The highest BCUT2D eigenvalue weighted by Gasteiger charge is 2.23. The molecule has 1 aromatic carbocycles. The normalized spacial score (nSPS) is 18.3. The lowest BCUT2D eigenvalue weighted by atomic mass is 10.1. The fourth-order valence-electron chi connectivity index (χ4n) is 2.61. The van der Waals surface area contributed by atoms with Crippen molar-refractivity contribution in [3.63, 3.8) is 0 Å². The fraction of sp³-hybridized carbons (Fsp3) is 0.571. The van der Waals surface area contributed by atoms with E-state index in [1.165, 1.54) is 18.2 Å². The van der Waals surface area contributed by atoms with Crippen LogP contribution in [0.3, 0.4) is 0 Å². The predicted molar refractivity (Wildman–Crippen MR) is 75.1 cm³/mol. The lowest BCUT2D eigenvalue weighted by Crippen LogP contribution is -2.32. The van der Waals surface area contributed by atoms with E-state index in [1.807, 2.05) is 0 Å². The van der Waals surface area contributed by atoms with E-state index in [9.17, 15) is 17.9 Å². The van der Waals surface area contributed by atoms with E-state index >= 15 is 0 Å². The second-order valence-electron chi connectivity index (χ2n) is 5.32. The van der Waals surface area contributed by atoms with Crippen LogP contribution in [0.2, 0.25) is 0 Å². The number of aliphatic hydroxyl groups is 1. The Morgan fingerprint density at radius 1 is 1.30 bits per heavy atom. The molecule has 2 N–H and O–H groups in total. The summed E-state index contributed by atoms with van der Waals surface area (Å²) in [6, 6.07) is 5.82. The zero-order chi connectivity index (χ0) is 14.6. The van der Waals surface area contributed by atoms with Gasteiger partial charge in [-0.15, -0.1) is 0 Å². The molecule has 1 aliphatic rings. The number of halogens is 1. The number of hydrogen-bond acceptors (Lipinski definition) is 3. The molecule has 0 heterocycles. The lowest BCUT2D eigenvalue weighted by molar-refractivity contribution is 0.177. The van der Waals surface area contributed by atoms with Gasteiger partial charge in [-0.25, -0.2) is 17.5 Å². The number of hydrogen-bond donors (Lipinski definition) is 2. The second-order valence-corrected chi connectivity index (χ2v) is 7.17. The first-order valence-electron chi connectivity index (χ1n) is 6.88.